The van der Waals surface area contributed by atoms with Gasteiger partial charge in [-0.3, -0.25) is 4.79 Å². The van der Waals surface area contributed by atoms with Gasteiger partial charge < -0.3 is 14.2 Å². The quantitative estimate of drug-likeness (QED) is 0.471. The first-order valence-electron chi connectivity index (χ1n) is 6.18. The van der Waals surface area contributed by atoms with Crippen LogP contribution in [0, 0.1) is 0 Å². The second-order valence-electron chi connectivity index (χ2n) is 5.47. The maximum Gasteiger partial charge on any atom is 0.308 e. The van der Waals surface area contributed by atoms with Crippen LogP contribution in [0.2, 0.25) is 0 Å². The highest BCUT2D eigenvalue weighted by molar-refractivity contribution is 5.70. The average Bonchev–Trinajstić information content (AvgIpc) is 2.25. The van der Waals surface area contributed by atoms with E-state index in [1.54, 1.807) is 6.08 Å². The molecular weight excluding hydrogens is 232 g/mol. The van der Waals surface area contributed by atoms with Gasteiger partial charge in [0.15, 0.2) is 0 Å². The van der Waals surface area contributed by atoms with Crippen molar-refractivity contribution < 1.29 is 19.0 Å². The van der Waals surface area contributed by atoms with Gasteiger partial charge in [-0.1, -0.05) is 6.08 Å². The van der Waals surface area contributed by atoms with Gasteiger partial charge in [-0.15, -0.1) is 6.58 Å². The van der Waals surface area contributed by atoms with Crippen molar-refractivity contribution in [1.82, 2.24) is 0 Å². The molecule has 0 spiro atoms. The van der Waals surface area contributed by atoms with E-state index < -0.39 is 5.60 Å². The van der Waals surface area contributed by atoms with Crippen molar-refractivity contribution in [3.8, 4) is 0 Å². The normalized spacial score (nSPS) is 12.3. The number of rotatable bonds is 9. The van der Waals surface area contributed by atoms with E-state index in [1.807, 2.05) is 27.7 Å². The third-order valence-electron chi connectivity index (χ3n) is 2.59. The maximum absolute atomic E-state index is 11.2. The van der Waals surface area contributed by atoms with Crippen molar-refractivity contribution in [2.75, 3.05) is 20.3 Å². The summed E-state index contributed by atoms with van der Waals surface area (Å²) in [6.07, 6.45) is 2.73. The molecule has 0 N–H and O–H groups in total. The number of carbonyl (C=O) groups excluding carboxylic acids is 1. The number of carbonyl (C=O) groups is 1. The van der Waals surface area contributed by atoms with Crippen LogP contribution in [0.25, 0.3) is 0 Å². The fourth-order valence-electron chi connectivity index (χ4n) is 1.40. The molecule has 0 saturated heterocycles. The van der Waals surface area contributed by atoms with Crippen LogP contribution in [-0.4, -0.2) is 37.5 Å². The predicted octanol–water partition coefficient (Wildman–Crippen LogP) is 2.72. The minimum Gasteiger partial charge on any atom is -0.469 e. The van der Waals surface area contributed by atoms with E-state index in [4.69, 9.17) is 9.47 Å². The second-order valence-corrected chi connectivity index (χ2v) is 5.47. The molecule has 0 aromatic carbocycles. The van der Waals surface area contributed by atoms with Crippen LogP contribution >= 0.6 is 0 Å². The Morgan fingerprint density at radius 3 is 2.28 bits per heavy atom. The number of hydrogen-bond donors (Lipinski definition) is 0. The Balaban J connectivity index is 4.01. The van der Waals surface area contributed by atoms with Gasteiger partial charge in [0, 0.05) is 0 Å². The highest BCUT2D eigenvalue weighted by Crippen LogP contribution is 2.19. The molecule has 0 bridgehead atoms. The smallest absolute Gasteiger partial charge is 0.308 e. The maximum atomic E-state index is 11.2. The van der Waals surface area contributed by atoms with Crippen LogP contribution < -0.4 is 0 Å². The zero-order valence-corrected chi connectivity index (χ0v) is 12.2. The summed E-state index contributed by atoms with van der Waals surface area (Å²) >= 11 is 0. The molecule has 0 atom stereocenters. The summed E-state index contributed by atoms with van der Waals surface area (Å²) < 4.78 is 15.9. The lowest BCUT2D eigenvalue weighted by Crippen LogP contribution is -2.32. The van der Waals surface area contributed by atoms with E-state index in [0.29, 0.717) is 13.2 Å². The Labute approximate surface area is 110 Å². The van der Waals surface area contributed by atoms with E-state index in [-0.39, 0.29) is 18.0 Å². The summed E-state index contributed by atoms with van der Waals surface area (Å²) in [5.74, 6) is -0.262. The molecule has 4 nitrogen and oxygen atoms in total. The molecule has 0 aromatic rings. The van der Waals surface area contributed by atoms with Crippen molar-refractivity contribution in [1.29, 1.82) is 0 Å². The Bertz CT molecular complexity index is 269. The fourth-order valence-corrected chi connectivity index (χ4v) is 1.40. The van der Waals surface area contributed by atoms with Crippen LogP contribution in [0.4, 0.5) is 0 Å². The molecule has 4 heteroatoms. The number of esters is 1. The minimum atomic E-state index is -0.512. The first kappa shape index (κ1) is 17.1. The Morgan fingerprint density at radius 1 is 1.17 bits per heavy atom. The highest BCUT2D eigenvalue weighted by atomic mass is 16.5. The van der Waals surface area contributed by atoms with Gasteiger partial charge in [0.2, 0.25) is 0 Å². The van der Waals surface area contributed by atoms with Gasteiger partial charge in [-0.2, -0.15) is 0 Å². The largest absolute Gasteiger partial charge is 0.469 e. The molecule has 0 heterocycles. The lowest BCUT2D eigenvalue weighted by atomic mass is 10.0. The summed E-state index contributed by atoms with van der Waals surface area (Å²) in [7, 11) is 1.38. The van der Waals surface area contributed by atoms with Gasteiger partial charge in [0.25, 0.3) is 0 Å². The van der Waals surface area contributed by atoms with Crippen molar-refractivity contribution in [3.05, 3.63) is 12.7 Å². The van der Waals surface area contributed by atoms with Crippen molar-refractivity contribution in [2.24, 2.45) is 0 Å². The molecule has 106 valence electrons. The van der Waals surface area contributed by atoms with E-state index >= 15 is 0 Å². The summed E-state index contributed by atoms with van der Waals surface area (Å²) in [6, 6.07) is 0. The summed E-state index contributed by atoms with van der Waals surface area (Å²) in [4.78, 5) is 11.2. The monoisotopic (exact) mass is 258 g/mol. The van der Waals surface area contributed by atoms with E-state index in [9.17, 15) is 4.79 Å². The number of methoxy groups -OCH3 is 1. The number of hydrogen-bond acceptors (Lipinski definition) is 4. The van der Waals surface area contributed by atoms with E-state index in [2.05, 4.69) is 11.3 Å². The molecule has 0 unspecified atom stereocenters. The van der Waals surface area contributed by atoms with Crippen LogP contribution in [-0.2, 0) is 19.0 Å². The van der Waals surface area contributed by atoms with Gasteiger partial charge in [-0.05, 0) is 34.1 Å². The lowest BCUT2D eigenvalue weighted by molar-refractivity contribution is -0.148. The Kier molecular flexibility index (Phi) is 7.18. The molecule has 0 aliphatic rings. The average molecular weight is 258 g/mol. The van der Waals surface area contributed by atoms with Gasteiger partial charge in [-0.25, -0.2) is 0 Å². The highest BCUT2D eigenvalue weighted by Gasteiger charge is 2.25. The molecule has 0 aromatic heterocycles. The molecule has 0 aliphatic carbocycles. The molecule has 18 heavy (non-hydrogen) atoms. The zero-order chi connectivity index (χ0) is 14.2. The lowest BCUT2D eigenvalue weighted by Gasteiger charge is -2.28. The standard InChI is InChI=1S/C14H26O4/c1-7-9-17-13(2,3)8-10-18-14(4,5)11-12(15)16-6/h7H,1,8-11H2,2-6H3. The SMILES string of the molecule is C=CCOC(C)(C)CCOC(C)(C)CC(=O)OC. The topological polar surface area (TPSA) is 44.8 Å². The van der Waals surface area contributed by atoms with Gasteiger partial charge >= 0.3 is 5.97 Å². The third-order valence-corrected chi connectivity index (χ3v) is 2.59. The molecular formula is C14H26O4. The molecule has 0 fully saturated rings. The first-order chi connectivity index (χ1) is 8.22. The van der Waals surface area contributed by atoms with Crippen LogP contribution in [0.15, 0.2) is 12.7 Å². The fraction of sp³-hybridized carbons (Fsp3) is 0.786. The molecule has 0 rings (SSSR count). The van der Waals surface area contributed by atoms with Crippen LogP contribution in [0.3, 0.4) is 0 Å². The minimum absolute atomic E-state index is 0.247. The van der Waals surface area contributed by atoms with Crippen molar-refractivity contribution in [3.63, 3.8) is 0 Å². The summed E-state index contributed by atoms with van der Waals surface area (Å²) in [5, 5.41) is 0. The molecule has 0 radical (unpaired) electrons. The van der Waals surface area contributed by atoms with Gasteiger partial charge in [0.05, 0.1) is 37.9 Å². The third kappa shape index (κ3) is 8.25. The Morgan fingerprint density at radius 2 is 1.78 bits per heavy atom. The predicted molar refractivity (Wildman–Crippen MR) is 71.5 cm³/mol. The molecule has 0 amide bonds. The van der Waals surface area contributed by atoms with Crippen LogP contribution in [0.1, 0.15) is 40.5 Å². The van der Waals surface area contributed by atoms with E-state index in [1.165, 1.54) is 7.11 Å². The molecule has 0 saturated carbocycles. The number of ether oxygens (including phenoxy) is 3. The first-order valence-corrected chi connectivity index (χ1v) is 6.18. The molecule has 0 aliphatic heterocycles. The summed E-state index contributed by atoms with van der Waals surface area (Å²) in [6.45, 7) is 12.4. The van der Waals surface area contributed by atoms with Gasteiger partial charge in [0.1, 0.15) is 0 Å². The summed E-state index contributed by atoms with van der Waals surface area (Å²) in [5.41, 5.74) is -0.767. The second kappa shape index (κ2) is 7.54. The zero-order valence-electron chi connectivity index (χ0n) is 12.2. The van der Waals surface area contributed by atoms with Crippen LogP contribution in [0.5, 0.6) is 0 Å². The Hall–Kier alpha value is -0.870. The van der Waals surface area contributed by atoms with Crippen molar-refractivity contribution >= 4 is 5.97 Å². The van der Waals surface area contributed by atoms with Crippen molar-refractivity contribution in [2.45, 2.75) is 51.7 Å². The van der Waals surface area contributed by atoms with E-state index in [0.717, 1.165) is 6.42 Å².